The molecule has 20 heavy (non-hydrogen) atoms. The fraction of sp³-hybridized carbons (Fsp3) is 0.562. The number of nitrogens with one attached hydrogen (secondary N) is 2. The van der Waals surface area contributed by atoms with Gasteiger partial charge in [-0.15, -0.1) is 0 Å². The molecule has 0 spiro atoms. The lowest BCUT2D eigenvalue weighted by Gasteiger charge is -2.29. The molecule has 0 radical (unpaired) electrons. The van der Waals surface area contributed by atoms with Gasteiger partial charge in [0.1, 0.15) is 0 Å². The molecule has 2 amide bonds. The molecule has 2 unspecified atom stereocenters. The van der Waals surface area contributed by atoms with Gasteiger partial charge in [-0.25, -0.2) is 4.79 Å². The maximum Gasteiger partial charge on any atom is 0.315 e. The van der Waals surface area contributed by atoms with E-state index in [4.69, 9.17) is 0 Å². The Morgan fingerprint density at radius 3 is 2.65 bits per heavy atom. The molecule has 1 fully saturated rings. The molecule has 110 valence electrons. The molecule has 1 aromatic carbocycles. The Morgan fingerprint density at radius 2 is 1.95 bits per heavy atom. The van der Waals surface area contributed by atoms with Gasteiger partial charge >= 0.3 is 6.03 Å². The van der Waals surface area contributed by atoms with Crippen LogP contribution in [0.3, 0.4) is 0 Å². The summed E-state index contributed by atoms with van der Waals surface area (Å²) in [6.45, 7) is 2.90. The summed E-state index contributed by atoms with van der Waals surface area (Å²) in [6, 6.07) is 8.52. The van der Waals surface area contributed by atoms with Crippen molar-refractivity contribution >= 4 is 22.0 Å². The number of hydrogen-bond acceptors (Lipinski definition) is 1. The third kappa shape index (κ3) is 4.82. The zero-order valence-corrected chi connectivity index (χ0v) is 13.6. The zero-order valence-electron chi connectivity index (χ0n) is 12.0. The zero-order chi connectivity index (χ0) is 14.4. The number of carbonyl (C=O) groups is 1. The number of halogens is 1. The lowest BCUT2D eigenvalue weighted by atomic mass is 9.86. The number of hydrogen-bond donors (Lipinski definition) is 2. The topological polar surface area (TPSA) is 41.1 Å². The van der Waals surface area contributed by atoms with Gasteiger partial charge in [-0.2, -0.15) is 0 Å². The van der Waals surface area contributed by atoms with Crippen molar-refractivity contribution in [3.8, 4) is 0 Å². The summed E-state index contributed by atoms with van der Waals surface area (Å²) in [5.74, 6) is 0.598. The summed E-state index contributed by atoms with van der Waals surface area (Å²) in [4.78, 5) is 11.9. The van der Waals surface area contributed by atoms with Crippen LogP contribution in [0.25, 0.3) is 0 Å². The molecular formula is C16H23BrN2O. The summed E-state index contributed by atoms with van der Waals surface area (Å²) in [7, 11) is 0. The van der Waals surface area contributed by atoms with Gasteiger partial charge < -0.3 is 10.6 Å². The minimum Gasteiger partial charge on any atom is -0.338 e. The van der Waals surface area contributed by atoms with Crippen LogP contribution in [0.1, 0.15) is 38.2 Å². The Hall–Kier alpha value is -1.03. The highest BCUT2D eigenvalue weighted by molar-refractivity contribution is 9.10. The number of benzene rings is 1. The van der Waals surface area contributed by atoms with Gasteiger partial charge in [-0.05, 0) is 42.9 Å². The van der Waals surface area contributed by atoms with E-state index >= 15 is 0 Å². The Kier molecular flexibility index (Phi) is 5.89. The Labute approximate surface area is 129 Å². The molecule has 0 saturated heterocycles. The van der Waals surface area contributed by atoms with Crippen LogP contribution in [0.4, 0.5) is 4.79 Å². The van der Waals surface area contributed by atoms with Crippen LogP contribution in [-0.4, -0.2) is 18.6 Å². The SMILES string of the molecule is CC1CCCCC1NC(=O)NCCc1ccc(Br)cc1. The van der Waals surface area contributed by atoms with Crippen LogP contribution in [0.2, 0.25) is 0 Å². The molecule has 0 bridgehead atoms. The van der Waals surface area contributed by atoms with E-state index in [1.165, 1.54) is 24.8 Å². The number of rotatable bonds is 4. The van der Waals surface area contributed by atoms with E-state index in [2.05, 4.69) is 45.6 Å². The number of urea groups is 1. The lowest BCUT2D eigenvalue weighted by molar-refractivity contribution is 0.222. The highest BCUT2D eigenvalue weighted by Gasteiger charge is 2.22. The minimum absolute atomic E-state index is 0.0270. The fourth-order valence-corrected chi connectivity index (χ4v) is 2.99. The maximum absolute atomic E-state index is 11.9. The van der Waals surface area contributed by atoms with Gasteiger partial charge in [-0.1, -0.05) is 47.8 Å². The van der Waals surface area contributed by atoms with Gasteiger partial charge in [0.2, 0.25) is 0 Å². The van der Waals surface area contributed by atoms with Crippen molar-refractivity contribution in [2.75, 3.05) is 6.54 Å². The maximum atomic E-state index is 11.9. The van der Waals surface area contributed by atoms with Crippen molar-refractivity contribution in [2.45, 2.75) is 45.1 Å². The average molecular weight is 339 g/mol. The van der Waals surface area contributed by atoms with Gasteiger partial charge in [0.05, 0.1) is 0 Å². The second kappa shape index (κ2) is 7.67. The first kappa shape index (κ1) is 15.4. The second-order valence-electron chi connectivity index (χ2n) is 5.64. The van der Waals surface area contributed by atoms with Crippen LogP contribution in [-0.2, 0) is 6.42 Å². The summed E-state index contributed by atoms with van der Waals surface area (Å²) in [5.41, 5.74) is 1.24. The molecule has 0 aromatic heterocycles. The average Bonchev–Trinajstić information content (AvgIpc) is 2.44. The summed E-state index contributed by atoms with van der Waals surface area (Å²) < 4.78 is 1.08. The van der Waals surface area contributed by atoms with Crippen LogP contribution >= 0.6 is 15.9 Å². The predicted molar refractivity (Wildman–Crippen MR) is 85.8 cm³/mol. The molecule has 0 aliphatic heterocycles. The van der Waals surface area contributed by atoms with E-state index in [1.54, 1.807) is 0 Å². The molecule has 1 aliphatic carbocycles. The van der Waals surface area contributed by atoms with Crippen LogP contribution in [0.15, 0.2) is 28.7 Å². The van der Waals surface area contributed by atoms with Crippen molar-refractivity contribution in [1.82, 2.24) is 10.6 Å². The third-order valence-corrected chi connectivity index (χ3v) is 4.57. The summed E-state index contributed by atoms with van der Waals surface area (Å²) in [6.07, 6.45) is 5.73. The highest BCUT2D eigenvalue weighted by atomic mass is 79.9. The van der Waals surface area contributed by atoms with Crippen LogP contribution < -0.4 is 10.6 Å². The molecule has 0 heterocycles. The first-order valence-corrected chi connectivity index (χ1v) is 8.23. The highest BCUT2D eigenvalue weighted by Crippen LogP contribution is 2.23. The molecule has 1 aliphatic rings. The predicted octanol–water partition coefficient (Wildman–Crippen LogP) is 3.87. The van der Waals surface area contributed by atoms with E-state index in [9.17, 15) is 4.79 Å². The molecule has 4 heteroatoms. The Balaban J connectivity index is 1.68. The molecule has 2 N–H and O–H groups in total. The summed E-state index contributed by atoms with van der Waals surface area (Å²) >= 11 is 3.42. The summed E-state index contributed by atoms with van der Waals surface area (Å²) in [5, 5.41) is 6.06. The van der Waals surface area contributed by atoms with Crippen molar-refractivity contribution < 1.29 is 4.79 Å². The first-order chi connectivity index (χ1) is 9.65. The molecule has 2 rings (SSSR count). The van der Waals surface area contributed by atoms with Gasteiger partial charge in [-0.3, -0.25) is 0 Å². The van der Waals surface area contributed by atoms with Crippen LogP contribution in [0, 0.1) is 5.92 Å². The van der Waals surface area contributed by atoms with E-state index < -0.39 is 0 Å². The molecule has 3 nitrogen and oxygen atoms in total. The first-order valence-electron chi connectivity index (χ1n) is 7.44. The normalized spacial score (nSPS) is 22.3. The van der Waals surface area contributed by atoms with Crippen molar-refractivity contribution in [3.63, 3.8) is 0 Å². The standard InChI is InChI=1S/C16H23BrN2O/c1-12-4-2-3-5-15(12)19-16(20)18-11-10-13-6-8-14(17)9-7-13/h6-9,12,15H,2-5,10-11H2,1H3,(H2,18,19,20). The van der Waals surface area contributed by atoms with Crippen molar-refractivity contribution in [2.24, 2.45) is 5.92 Å². The van der Waals surface area contributed by atoms with E-state index in [-0.39, 0.29) is 6.03 Å². The fourth-order valence-electron chi connectivity index (χ4n) is 2.72. The smallest absolute Gasteiger partial charge is 0.315 e. The largest absolute Gasteiger partial charge is 0.338 e. The molecule has 2 atom stereocenters. The second-order valence-corrected chi connectivity index (χ2v) is 6.56. The number of carbonyl (C=O) groups excluding carboxylic acids is 1. The quantitative estimate of drug-likeness (QED) is 0.859. The molecule has 1 aromatic rings. The van der Waals surface area contributed by atoms with E-state index in [0.29, 0.717) is 18.5 Å². The van der Waals surface area contributed by atoms with Crippen molar-refractivity contribution in [1.29, 1.82) is 0 Å². The minimum atomic E-state index is -0.0270. The third-order valence-electron chi connectivity index (χ3n) is 4.04. The van der Waals surface area contributed by atoms with E-state index in [1.807, 2.05) is 12.1 Å². The Morgan fingerprint density at radius 1 is 1.25 bits per heavy atom. The molecule has 1 saturated carbocycles. The van der Waals surface area contributed by atoms with E-state index in [0.717, 1.165) is 17.3 Å². The number of amides is 2. The van der Waals surface area contributed by atoms with Crippen molar-refractivity contribution in [3.05, 3.63) is 34.3 Å². The van der Waals surface area contributed by atoms with Gasteiger partial charge in [0.25, 0.3) is 0 Å². The molecular weight excluding hydrogens is 316 g/mol. The van der Waals surface area contributed by atoms with Crippen LogP contribution in [0.5, 0.6) is 0 Å². The monoisotopic (exact) mass is 338 g/mol. The van der Waals surface area contributed by atoms with Gasteiger partial charge in [0, 0.05) is 17.1 Å². The lowest BCUT2D eigenvalue weighted by Crippen LogP contribution is -2.46. The van der Waals surface area contributed by atoms with Gasteiger partial charge in [0.15, 0.2) is 0 Å². The Bertz CT molecular complexity index is 433.